The average Bonchev–Trinajstić information content (AvgIpc) is 3.35. The summed E-state index contributed by atoms with van der Waals surface area (Å²) in [5, 5.41) is 6.95. The van der Waals surface area contributed by atoms with Crippen LogP contribution in [0.1, 0.15) is 72.0 Å². The van der Waals surface area contributed by atoms with Gasteiger partial charge in [-0.05, 0) is 44.4 Å². The van der Waals surface area contributed by atoms with Gasteiger partial charge in [-0.3, -0.25) is 9.69 Å². The molecule has 2 aliphatic rings. The summed E-state index contributed by atoms with van der Waals surface area (Å²) in [6.07, 6.45) is 5.30. The molecule has 28 heavy (non-hydrogen) atoms. The van der Waals surface area contributed by atoms with Crippen LogP contribution in [-0.2, 0) is 18.3 Å². The van der Waals surface area contributed by atoms with Crippen LogP contribution < -0.4 is 5.32 Å². The van der Waals surface area contributed by atoms with Crippen molar-refractivity contribution in [3.05, 3.63) is 35.2 Å². The summed E-state index contributed by atoms with van der Waals surface area (Å²) in [4.78, 5) is 19.2. The molecule has 0 aromatic carbocycles. The zero-order valence-corrected chi connectivity index (χ0v) is 16.7. The summed E-state index contributed by atoms with van der Waals surface area (Å²) in [5.41, 5.74) is 1.84. The molecule has 8 heteroatoms. The largest absolute Gasteiger partial charge is 0.381 e. The molecule has 1 amide bonds. The number of nitrogens with one attached hydrogen (secondary N) is 1. The molecular weight excluding hydrogens is 358 g/mol. The first-order chi connectivity index (χ1) is 13.7. The summed E-state index contributed by atoms with van der Waals surface area (Å²) in [5.74, 6) is 1.74. The Hall–Kier alpha value is -2.19. The third kappa shape index (κ3) is 3.84. The number of likely N-dealkylation sites (tertiary alicyclic amines) is 1. The summed E-state index contributed by atoms with van der Waals surface area (Å²) in [6, 6.07) is 4.22. The molecule has 0 spiro atoms. The SMILES string of the molecule is CNC(=O)c1ccc([C@H]2CCCCN2Cc2noc(C3CCOCC3)n2)n1C. The van der Waals surface area contributed by atoms with Gasteiger partial charge in [0.25, 0.3) is 5.91 Å². The van der Waals surface area contributed by atoms with Crippen molar-refractivity contribution in [3.8, 4) is 0 Å². The molecule has 1 N–H and O–H groups in total. The molecule has 152 valence electrons. The van der Waals surface area contributed by atoms with Gasteiger partial charge in [-0.1, -0.05) is 11.6 Å². The number of piperidine rings is 1. The fourth-order valence-electron chi connectivity index (χ4n) is 4.36. The van der Waals surface area contributed by atoms with E-state index in [1.54, 1.807) is 7.05 Å². The maximum Gasteiger partial charge on any atom is 0.267 e. The van der Waals surface area contributed by atoms with Gasteiger partial charge in [0.2, 0.25) is 5.89 Å². The number of carbonyl (C=O) groups is 1. The van der Waals surface area contributed by atoms with E-state index in [-0.39, 0.29) is 11.9 Å². The predicted molar refractivity (Wildman–Crippen MR) is 103 cm³/mol. The Morgan fingerprint density at radius 1 is 1.25 bits per heavy atom. The van der Waals surface area contributed by atoms with Crippen LogP contribution in [-0.4, -0.2) is 52.3 Å². The average molecular weight is 387 g/mol. The molecule has 2 fully saturated rings. The maximum absolute atomic E-state index is 12.1. The molecule has 1 atom stereocenters. The first kappa shape index (κ1) is 19.1. The maximum atomic E-state index is 12.1. The Bertz CT molecular complexity index is 809. The van der Waals surface area contributed by atoms with Crippen LogP contribution in [0.5, 0.6) is 0 Å². The van der Waals surface area contributed by atoms with Gasteiger partial charge in [0.1, 0.15) is 5.69 Å². The number of nitrogens with zero attached hydrogens (tertiary/aromatic N) is 4. The Morgan fingerprint density at radius 2 is 2.07 bits per heavy atom. The lowest BCUT2D eigenvalue weighted by Crippen LogP contribution is -2.34. The van der Waals surface area contributed by atoms with E-state index in [0.29, 0.717) is 18.2 Å². The molecule has 8 nitrogen and oxygen atoms in total. The van der Waals surface area contributed by atoms with Gasteiger partial charge in [-0.25, -0.2) is 0 Å². The summed E-state index contributed by atoms with van der Waals surface area (Å²) in [7, 11) is 3.62. The molecule has 4 heterocycles. The molecule has 2 aromatic heterocycles. The molecule has 0 aliphatic carbocycles. The molecule has 2 saturated heterocycles. The van der Waals surface area contributed by atoms with Crippen LogP contribution in [0.2, 0.25) is 0 Å². The molecule has 0 saturated carbocycles. The van der Waals surface area contributed by atoms with Crippen LogP contribution in [0.4, 0.5) is 0 Å². The van der Waals surface area contributed by atoms with Crippen molar-refractivity contribution in [1.29, 1.82) is 0 Å². The van der Waals surface area contributed by atoms with Gasteiger partial charge < -0.3 is 19.1 Å². The molecule has 0 bridgehead atoms. The van der Waals surface area contributed by atoms with Gasteiger partial charge >= 0.3 is 0 Å². The van der Waals surface area contributed by atoms with Crippen LogP contribution in [0.3, 0.4) is 0 Å². The number of hydrogen-bond donors (Lipinski definition) is 1. The van der Waals surface area contributed by atoms with E-state index >= 15 is 0 Å². The second-order valence-corrected chi connectivity index (χ2v) is 7.70. The van der Waals surface area contributed by atoms with Crippen molar-refractivity contribution >= 4 is 5.91 Å². The highest BCUT2D eigenvalue weighted by molar-refractivity contribution is 5.92. The van der Waals surface area contributed by atoms with Crippen LogP contribution in [0, 0.1) is 0 Å². The lowest BCUT2D eigenvalue weighted by Gasteiger charge is -2.35. The number of amides is 1. The lowest BCUT2D eigenvalue weighted by molar-refractivity contribution is 0.0778. The zero-order chi connectivity index (χ0) is 19.5. The normalized spacial score (nSPS) is 21.7. The van der Waals surface area contributed by atoms with Crippen molar-refractivity contribution in [1.82, 2.24) is 24.9 Å². The van der Waals surface area contributed by atoms with Crippen molar-refractivity contribution in [2.24, 2.45) is 7.05 Å². The first-order valence-corrected chi connectivity index (χ1v) is 10.2. The Morgan fingerprint density at radius 3 is 2.86 bits per heavy atom. The van der Waals surface area contributed by atoms with Crippen molar-refractivity contribution in [2.45, 2.75) is 50.6 Å². The van der Waals surface area contributed by atoms with Gasteiger partial charge in [0.15, 0.2) is 5.82 Å². The molecule has 0 unspecified atom stereocenters. The smallest absolute Gasteiger partial charge is 0.267 e. The Balaban J connectivity index is 1.50. The van der Waals surface area contributed by atoms with Crippen molar-refractivity contribution in [2.75, 3.05) is 26.8 Å². The minimum atomic E-state index is -0.0598. The van der Waals surface area contributed by atoms with Gasteiger partial charge in [0, 0.05) is 38.9 Å². The van der Waals surface area contributed by atoms with E-state index in [1.165, 1.54) is 6.42 Å². The van der Waals surface area contributed by atoms with E-state index in [0.717, 1.165) is 62.9 Å². The van der Waals surface area contributed by atoms with E-state index in [1.807, 2.05) is 17.7 Å². The van der Waals surface area contributed by atoms with Crippen LogP contribution >= 0.6 is 0 Å². The molecular formula is C20H29N5O3. The van der Waals surface area contributed by atoms with Gasteiger partial charge in [0.05, 0.1) is 12.6 Å². The summed E-state index contributed by atoms with van der Waals surface area (Å²) in [6.45, 7) is 3.18. The van der Waals surface area contributed by atoms with Crippen molar-refractivity contribution < 1.29 is 14.1 Å². The van der Waals surface area contributed by atoms with Crippen LogP contribution in [0.25, 0.3) is 0 Å². The van der Waals surface area contributed by atoms with Gasteiger partial charge in [-0.2, -0.15) is 4.98 Å². The molecule has 2 aromatic rings. The minimum Gasteiger partial charge on any atom is -0.381 e. The number of rotatable bonds is 5. The highest BCUT2D eigenvalue weighted by Gasteiger charge is 2.29. The van der Waals surface area contributed by atoms with E-state index < -0.39 is 0 Å². The number of aromatic nitrogens is 3. The number of hydrogen-bond acceptors (Lipinski definition) is 6. The second-order valence-electron chi connectivity index (χ2n) is 7.70. The molecule has 4 rings (SSSR count). The predicted octanol–water partition coefficient (Wildman–Crippen LogP) is 2.39. The minimum absolute atomic E-state index is 0.0598. The first-order valence-electron chi connectivity index (χ1n) is 10.2. The molecule has 0 radical (unpaired) electrons. The summed E-state index contributed by atoms with van der Waals surface area (Å²) >= 11 is 0. The highest BCUT2D eigenvalue weighted by Crippen LogP contribution is 2.33. The highest BCUT2D eigenvalue weighted by atomic mass is 16.5. The fourth-order valence-corrected chi connectivity index (χ4v) is 4.36. The third-order valence-corrected chi connectivity index (χ3v) is 5.97. The topological polar surface area (TPSA) is 85.4 Å². The van der Waals surface area contributed by atoms with Crippen LogP contribution in [0.15, 0.2) is 16.7 Å². The lowest BCUT2D eigenvalue weighted by atomic mass is 9.99. The van der Waals surface area contributed by atoms with E-state index in [4.69, 9.17) is 9.26 Å². The van der Waals surface area contributed by atoms with Crippen molar-refractivity contribution in [3.63, 3.8) is 0 Å². The Labute approximate surface area is 165 Å². The zero-order valence-electron chi connectivity index (χ0n) is 16.7. The molecule has 2 aliphatic heterocycles. The third-order valence-electron chi connectivity index (χ3n) is 5.97. The summed E-state index contributed by atoms with van der Waals surface area (Å²) < 4.78 is 13.0. The number of carbonyl (C=O) groups excluding carboxylic acids is 1. The van der Waals surface area contributed by atoms with E-state index in [9.17, 15) is 4.79 Å². The van der Waals surface area contributed by atoms with E-state index in [2.05, 4.69) is 26.4 Å². The quantitative estimate of drug-likeness (QED) is 0.848. The standard InChI is InChI=1S/C20H29N5O3/c1-21-19(26)17-7-6-15(24(17)2)16-5-3-4-10-25(16)13-18-22-20(28-23-18)14-8-11-27-12-9-14/h6-7,14,16H,3-5,8-13H2,1-2H3,(H,21,26)/t16-/m1/s1. The van der Waals surface area contributed by atoms with Gasteiger partial charge in [-0.15, -0.1) is 0 Å². The second kappa shape index (κ2) is 8.45. The Kier molecular flexibility index (Phi) is 5.77. The number of ether oxygens (including phenoxy) is 1. The monoisotopic (exact) mass is 387 g/mol. The fraction of sp³-hybridized carbons (Fsp3) is 0.650.